The van der Waals surface area contributed by atoms with Gasteiger partial charge in [0.15, 0.2) is 0 Å². The van der Waals surface area contributed by atoms with Crippen LogP contribution in [0.15, 0.2) is 73.3 Å². The highest BCUT2D eigenvalue weighted by atomic mass is 16.5. The van der Waals surface area contributed by atoms with E-state index in [-0.39, 0.29) is 5.91 Å². The maximum Gasteiger partial charge on any atom is 0.337 e. The third-order valence-electron chi connectivity index (χ3n) is 4.85. The van der Waals surface area contributed by atoms with Crippen molar-refractivity contribution in [3.05, 3.63) is 95.6 Å². The van der Waals surface area contributed by atoms with Gasteiger partial charge in [0.05, 0.1) is 12.7 Å². The van der Waals surface area contributed by atoms with E-state index in [2.05, 4.69) is 20.6 Å². The van der Waals surface area contributed by atoms with Gasteiger partial charge in [-0.05, 0) is 53.8 Å². The molecule has 1 aromatic carbocycles. The van der Waals surface area contributed by atoms with Crippen LogP contribution in [0.3, 0.4) is 0 Å². The summed E-state index contributed by atoms with van der Waals surface area (Å²) < 4.78 is 4.75. The predicted molar refractivity (Wildman–Crippen MR) is 117 cm³/mol. The molecule has 0 radical (unpaired) electrons. The number of carbonyl (C=O) groups is 2. The van der Waals surface area contributed by atoms with Gasteiger partial charge in [0.2, 0.25) is 5.91 Å². The Morgan fingerprint density at radius 3 is 2.06 bits per heavy atom. The van der Waals surface area contributed by atoms with Crippen molar-refractivity contribution in [3.8, 4) is 0 Å². The lowest BCUT2D eigenvalue weighted by atomic mass is 10.0. The summed E-state index contributed by atoms with van der Waals surface area (Å²) in [7, 11) is 1.34. The number of methoxy groups -OCH3 is 1. The molecular formula is C24H26N4O3. The van der Waals surface area contributed by atoms with Crippen molar-refractivity contribution in [1.82, 2.24) is 20.6 Å². The van der Waals surface area contributed by atoms with E-state index in [4.69, 9.17) is 4.74 Å². The van der Waals surface area contributed by atoms with Gasteiger partial charge in [0.25, 0.3) is 0 Å². The average Bonchev–Trinajstić information content (AvgIpc) is 2.83. The average molecular weight is 418 g/mol. The lowest BCUT2D eigenvalue weighted by Crippen LogP contribution is -2.39. The van der Waals surface area contributed by atoms with Gasteiger partial charge < -0.3 is 15.4 Å². The lowest BCUT2D eigenvalue weighted by Gasteiger charge is -2.19. The maximum atomic E-state index is 13.0. The summed E-state index contributed by atoms with van der Waals surface area (Å²) in [6, 6.07) is 14.1. The number of pyridine rings is 2. The summed E-state index contributed by atoms with van der Waals surface area (Å²) in [6.45, 7) is 1.11. The maximum absolute atomic E-state index is 13.0. The van der Waals surface area contributed by atoms with Gasteiger partial charge in [0, 0.05) is 37.9 Å². The van der Waals surface area contributed by atoms with Crippen LogP contribution in [0.4, 0.5) is 0 Å². The Bertz CT molecular complexity index is 963. The Hall–Kier alpha value is -3.58. The van der Waals surface area contributed by atoms with Gasteiger partial charge in [-0.1, -0.05) is 24.3 Å². The molecule has 2 N–H and O–H groups in total. The Morgan fingerprint density at radius 1 is 0.903 bits per heavy atom. The van der Waals surface area contributed by atoms with Crippen molar-refractivity contribution in [3.63, 3.8) is 0 Å². The minimum Gasteiger partial charge on any atom is -0.465 e. The van der Waals surface area contributed by atoms with E-state index >= 15 is 0 Å². The van der Waals surface area contributed by atoms with Crippen LogP contribution in [-0.2, 0) is 22.4 Å². The van der Waals surface area contributed by atoms with Crippen molar-refractivity contribution in [2.45, 2.75) is 18.9 Å². The second kappa shape index (κ2) is 11.6. The summed E-state index contributed by atoms with van der Waals surface area (Å²) in [4.78, 5) is 32.9. The molecule has 0 bridgehead atoms. The Labute approximate surface area is 181 Å². The zero-order valence-corrected chi connectivity index (χ0v) is 17.5. The number of ether oxygens (including phenoxy) is 1. The van der Waals surface area contributed by atoms with E-state index < -0.39 is 12.0 Å². The van der Waals surface area contributed by atoms with Crippen LogP contribution in [0.25, 0.3) is 0 Å². The Kier molecular flexibility index (Phi) is 8.25. The van der Waals surface area contributed by atoms with E-state index in [9.17, 15) is 9.59 Å². The van der Waals surface area contributed by atoms with Crippen molar-refractivity contribution in [2.24, 2.45) is 0 Å². The molecule has 1 unspecified atom stereocenters. The van der Waals surface area contributed by atoms with Gasteiger partial charge in [-0.3, -0.25) is 14.8 Å². The number of nitrogens with zero attached hydrogens (tertiary/aromatic N) is 2. The molecule has 0 spiro atoms. The van der Waals surface area contributed by atoms with Crippen LogP contribution in [0.2, 0.25) is 0 Å². The van der Waals surface area contributed by atoms with Crippen LogP contribution in [0.5, 0.6) is 0 Å². The van der Waals surface area contributed by atoms with Crippen molar-refractivity contribution >= 4 is 11.9 Å². The third kappa shape index (κ3) is 6.72. The number of nitrogens with one attached hydrogen (secondary N) is 2. The smallest absolute Gasteiger partial charge is 0.337 e. The second-order valence-corrected chi connectivity index (χ2v) is 7.01. The fraction of sp³-hybridized carbons (Fsp3) is 0.250. The van der Waals surface area contributed by atoms with Gasteiger partial charge >= 0.3 is 5.97 Å². The van der Waals surface area contributed by atoms with Crippen LogP contribution in [-0.4, -0.2) is 42.0 Å². The molecule has 2 heterocycles. The molecule has 0 aliphatic heterocycles. The SMILES string of the molecule is COC(=O)c1ccc(C(NCCc2cccnc2)C(=O)NCCc2cccnc2)cc1. The first-order valence-electron chi connectivity index (χ1n) is 10.1. The van der Waals surface area contributed by atoms with Crippen molar-refractivity contribution in [2.75, 3.05) is 20.2 Å². The molecule has 0 aliphatic carbocycles. The zero-order valence-electron chi connectivity index (χ0n) is 17.5. The molecule has 2 aromatic heterocycles. The van der Waals surface area contributed by atoms with Gasteiger partial charge in [0.1, 0.15) is 6.04 Å². The van der Waals surface area contributed by atoms with E-state index in [1.807, 2.05) is 30.5 Å². The molecule has 3 aromatic rings. The molecule has 3 rings (SSSR count). The van der Waals surface area contributed by atoms with Crippen LogP contribution < -0.4 is 10.6 Å². The molecule has 7 heteroatoms. The number of esters is 1. The minimum absolute atomic E-state index is 0.124. The molecule has 31 heavy (non-hydrogen) atoms. The summed E-state index contributed by atoms with van der Waals surface area (Å²) in [5.41, 5.74) is 3.37. The number of aromatic nitrogens is 2. The highest BCUT2D eigenvalue weighted by molar-refractivity contribution is 5.89. The molecule has 160 valence electrons. The number of hydrogen-bond donors (Lipinski definition) is 2. The number of rotatable bonds is 10. The summed E-state index contributed by atoms with van der Waals surface area (Å²) >= 11 is 0. The van der Waals surface area contributed by atoms with Crippen LogP contribution in [0.1, 0.15) is 33.1 Å². The molecule has 1 atom stereocenters. The van der Waals surface area contributed by atoms with E-state index in [1.54, 1.807) is 42.9 Å². The highest BCUT2D eigenvalue weighted by Gasteiger charge is 2.20. The molecule has 0 saturated heterocycles. The first-order valence-corrected chi connectivity index (χ1v) is 10.1. The largest absolute Gasteiger partial charge is 0.465 e. The highest BCUT2D eigenvalue weighted by Crippen LogP contribution is 2.15. The number of benzene rings is 1. The van der Waals surface area contributed by atoms with Gasteiger partial charge in [-0.2, -0.15) is 0 Å². The van der Waals surface area contributed by atoms with Crippen molar-refractivity contribution in [1.29, 1.82) is 0 Å². The number of carbonyl (C=O) groups excluding carboxylic acids is 2. The number of amides is 1. The van der Waals surface area contributed by atoms with Crippen LogP contribution >= 0.6 is 0 Å². The molecule has 0 aliphatic rings. The van der Waals surface area contributed by atoms with Gasteiger partial charge in [-0.25, -0.2) is 4.79 Å². The van der Waals surface area contributed by atoms with Crippen LogP contribution in [0, 0.1) is 0 Å². The first kappa shape index (κ1) is 22.1. The normalized spacial score (nSPS) is 11.5. The molecule has 1 amide bonds. The predicted octanol–water partition coefficient (Wildman–Crippen LogP) is 2.50. The number of hydrogen-bond acceptors (Lipinski definition) is 6. The lowest BCUT2D eigenvalue weighted by molar-refractivity contribution is -0.123. The second-order valence-electron chi connectivity index (χ2n) is 7.01. The fourth-order valence-electron chi connectivity index (χ4n) is 3.18. The summed E-state index contributed by atoms with van der Waals surface area (Å²) in [6.07, 6.45) is 8.51. The molecular weight excluding hydrogens is 392 g/mol. The summed E-state index contributed by atoms with van der Waals surface area (Å²) in [5.74, 6) is -0.533. The van der Waals surface area contributed by atoms with Gasteiger partial charge in [-0.15, -0.1) is 0 Å². The standard InChI is InChI=1S/C24H26N4O3/c1-31-24(30)21-8-6-20(7-9-21)22(27-14-10-18-4-2-12-25-16-18)23(29)28-15-11-19-5-3-13-26-17-19/h2-9,12-13,16-17,22,27H,10-11,14-15H2,1H3,(H,28,29). The Balaban J connectivity index is 1.65. The van der Waals surface area contributed by atoms with E-state index in [1.165, 1.54) is 7.11 Å². The quantitative estimate of drug-likeness (QED) is 0.492. The zero-order chi connectivity index (χ0) is 21.9. The first-order chi connectivity index (χ1) is 15.2. The molecule has 0 fully saturated rings. The minimum atomic E-state index is -0.544. The Morgan fingerprint density at radius 2 is 1.52 bits per heavy atom. The van der Waals surface area contributed by atoms with Crippen molar-refractivity contribution < 1.29 is 14.3 Å². The topological polar surface area (TPSA) is 93.2 Å². The summed E-state index contributed by atoms with van der Waals surface area (Å²) in [5, 5.41) is 6.32. The molecule has 7 nitrogen and oxygen atoms in total. The third-order valence-corrected chi connectivity index (χ3v) is 4.85. The van der Waals surface area contributed by atoms with E-state index in [0.29, 0.717) is 25.1 Å². The monoisotopic (exact) mass is 418 g/mol. The molecule has 0 saturated carbocycles. The van der Waals surface area contributed by atoms with E-state index in [0.717, 1.165) is 23.1 Å². The fourth-order valence-corrected chi connectivity index (χ4v) is 3.18.